The summed E-state index contributed by atoms with van der Waals surface area (Å²) in [5, 5.41) is 9.44. The predicted molar refractivity (Wildman–Crippen MR) is 54.8 cm³/mol. The largest absolute Gasteiger partial charge is 0.508 e. The minimum absolute atomic E-state index is 0.0195. The lowest BCUT2D eigenvalue weighted by atomic mass is 9.96. The van der Waals surface area contributed by atoms with E-state index >= 15 is 0 Å². The lowest BCUT2D eigenvalue weighted by molar-refractivity contribution is 0.435. The van der Waals surface area contributed by atoms with Crippen LogP contribution in [-0.4, -0.2) is 5.11 Å². The van der Waals surface area contributed by atoms with E-state index in [4.69, 9.17) is 17.3 Å². The number of rotatable bonds is 2. The SMILES string of the molecule is CC(C)C(N)c1cc(Cl)c(F)cc1O. The average molecular weight is 218 g/mol. The molecule has 0 saturated heterocycles. The highest BCUT2D eigenvalue weighted by molar-refractivity contribution is 6.30. The van der Waals surface area contributed by atoms with Gasteiger partial charge in [0.2, 0.25) is 0 Å². The molecule has 2 nitrogen and oxygen atoms in total. The van der Waals surface area contributed by atoms with Crippen LogP contribution >= 0.6 is 11.6 Å². The van der Waals surface area contributed by atoms with E-state index in [1.807, 2.05) is 13.8 Å². The molecule has 1 atom stereocenters. The third kappa shape index (κ3) is 2.16. The second-order valence-corrected chi connectivity index (χ2v) is 4.00. The Labute approximate surface area is 87.5 Å². The van der Waals surface area contributed by atoms with Gasteiger partial charge in [0, 0.05) is 17.7 Å². The summed E-state index contributed by atoms with van der Waals surface area (Å²) in [4.78, 5) is 0. The maximum atomic E-state index is 12.9. The molecular formula is C10H13ClFNO. The zero-order valence-corrected chi connectivity index (χ0v) is 8.85. The van der Waals surface area contributed by atoms with Gasteiger partial charge in [-0.2, -0.15) is 0 Å². The molecule has 0 radical (unpaired) electrons. The summed E-state index contributed by atoms with van der Waals surface area (Å²) in [6.07, 6.45) is 0. The first-order valence-electron chi connectivity index (χ1n) is 4.37. The molecule has 0 saturated carbocycles. The number of nitrogens with two attached hydrogens (primary N) is 1. The molecule has 1 rings (SSSR count). The Kier molecular flexibility index (Phi) is 3.34. The number of benzene rings is 1. The van der Waals surface area contributed by atoms with E-state index in [2.05, 4.69) is 0 Å². The van der Waals surface area contributed by atoms with Crippen molar-refractivity contribution < 1.29 is 9.50 Å². The van der Waals surface area contributed by atoms with Crippen LogP contribution in [0.15, 0.2) is 12.1 Å². The van der Waals surface area contributed by atoms with Crippen LogP contribution in [0.1, 0.15) is 25.5 Å². The summed E-state index contributed by atoms with van der Waals surface area (Å²) in [7, 11) is 0. The molecule has 1 aromatic rings. The van der Waals surface area contributed by atoms with Crippen molar-refractivity contribution >= 4 is 11.6 Å². The lowest BCUT2D eigenvalue weighted by Crippen LogP contribution is -2.16. The van der Waals surface area contributed by atoms with Crippen LogP contribution in [0.3, 0.4) is 0 Å². The first-order valence-corrected chi connectivity index (χ1v) is 4.74. The predicted octanol–water partition coefficient (Wildman–Crippen LogP) is 2.84. The van der Waals surface area contributed by atoms with Gasteiger partial charge in [-0.25, -0.2) is 4.39 Å². The van der Waals surface area contributed by atoms with Gasteiger partial charge in [0.25, 0.3) is 0 Å². The van der Waals surface area contributed by atoms with E-state index in [1.165, 1.54) is 6.07 Å². The van der Waals surface area contributed by atoms with E-state index in [9.17, 15) is 9.50 Å². The molecular weight excluding hydrogens is 205 g/mol. The Bertz CT molecular complexity index is 341. The first kappa shape index (κ1) is 11.3. The van der Waals surface area contributed by atoms with Gasteiger partial charge in [-0.3, -0.25) is 0 Å². The minimum atomic E-state index is -0.635. The fraction of sp³-hybridized carbons (Fsp3) is 0.400. The van der Waals surface area contributed by atoms with E-state index in [1.54, 1.807) is 0 Å². The molecule has 0 spiro atoms. The highest BCUT2D eigenvalue weighted by Crippen LogP contribution is 2.31. The summed E-state index contributed by atoms with van der Waals surface area (Å²) < 4.78 is 12.9. The zero-order valence-electron chi connectivity index (χ0n) is 8.09. The van der Waals surface area contributed by atoms with Crippen LogP contribution < -0.4 is 5.73 Å². The second-order valence-electron chi connectivity index (χ2n) is 3.59. The van der Waals surface area contributed by atoms with Crippen molar-refractivity contribution in [2.45, 2.75) is 19.9 Å². The summed E-state index contributed by atoms with van der Waals surface area (Å²) >= 11 is 5.59. The third-order valence-corrected chi connectivity index (χ3v) is 2.44. The maximum Gasteiger partial charge on any atom is 0.145 e. The fourth-order valence-electron chi connectivity index (χ4n) is 1.18. The molecule has 1 aromatic carbocycles. The molecule has 14 heavy (non-hydrogen) atoms. The molecule has 0 aliphatic heterocycles. The Morgan fingerprint density at radius 3 is 2.50 bits per heavy atom. The Morgan fingerprint density at radius 1 is 1.43 bits per heavy atom. The van der Waals surface area contributed by atoms with E-state index in [0.717, 1.165) is 6.07 Å². The second kappa shape index (κ2) is 4.15. The van der Waals surface area contributed by atoms with Crippen molar-refractivity contribution in [2.75, 3.05) is 0 Å². The van der Waals surface area contributed by atoms with Gasteiger partial charge in [-0.15, -0.1) is 0 Å². The molecule has 0 aromatic heterocycles. The van der Waals surface area contributed by atoms with Gasteiger partial charge in [0.15, 0.2) is 0 Å². The summed E-state index contributed by atoms with van der Waals surface area (Å²) in [5.74, 6) is -0.626. The number of hydrogen-bond acceptors (Lipinski definition) is 2. The first-order chi connectivity index (χ1) is 6.43. The number of aromatic hydroxyl groups is 1. The van der Waals surface area contributed by atoms with Gasteiger partial charge < -0.3 is 10.8 Å². The van der Waals surface area contributed by atoms with Crippen molar-refractivity contribution in [3.05, 3.63) is 28.5 Å². The fourth-order valence-corrected chi connectivity index (χ4v) is 1.35. The summed E-state index contributed by atoms with van der Waals surface area (Å²) in [6, 6.07) is 2.02. The topological polar surface area (TPSA) is 46.2 Å². The number of halogens is 2. The molecule has 4 heteroatoms. The highest BCUT2D eigenvalue weighted by Gasteiger charge is 2.16. The average Bonchev–Trinajstić information content (AvgIpc) is 2.10. The number of phenols is 1. The van der Waals surface area contributed by atoms with Crippen molar-refractivity contribution in [3.8, 4) is 5.75 Å². The summed E-state index contributed by atoms with van der Waals surface area (Å²) in [5.41, 5.74) is 6.29. The van der Waals surface area contributed by atoms with E-state index < -0.39 is 5.82 Å². The third-order valence-electron chi connectivity index (χ3n) is 2.15. The van der Waals surface area contributed by atoms with Crippen LogP contribution in [-0.2, 0) is 0 Å². The molecule has 78 valence electrons. The van der Waals surface area contributed by atoms with Crippen LogP contribution in [0.25, 0.3) is 0 Å². The Hall–Kier alpha value is -0.800. The minimum Gasteiger partial charge on any atom is -0.508 e. The number of hydrogen-bond donors (Lipinski definition) is 2. The van der Waals surface area contributed by atoms with Crippen molar-refractivity contribution in [2.24, 2.45) is 11.7 Å². The standard InChI is InChI=1S/C10H13ClFNO/c1-5(2)10(13)6-3-7(11)8(12)4-9(6)14/h3-5,10,14H,13H2,1-2H3. The monoisotopic (exact) mass is 217 g/mol. The molecule has 0 heterocycles. The maximum absolute atomic E-state index is 12.9. The van der Waals surface area contributed by atoms with Gasteiger partial charge in [-0.05, 0) is 12.0 Å². The summed E-state index contributed by atoms with van der Waals surface area (Å²) in [6.45, 7) is 3.84. The van der Waals surface area contributed by atoms with Gasteiger partial charge in [-0.1, -0.05) is 25.4 Å². The smallest absolute Gasteiger partial charge is 0.145 e. The Balaban J connectivity index is 3.15. The van der Waals surface area contributed by atoms with Crippen LogP contribution in [0.4, 0.5) is 4.39 Å². The van der Waals surface area contributed by atoms with Gasteiger partial charge in [0.05, 0.1) is 5.02 Å². The molecule has 1 unspecified atom stereocenters. The van der Waals surface area contributed by atoms with Gasteiger partial charge in [0.1, 0.15) is 11.6 Å². The normalized spacial score (nSPS) is 13.3. The van der Waals surface area contributed by atoms with Gasteiger partial charge >= 0.3 is 0 Å². The van der Waals surface area contributed by atoms with Crippen molar-refractivity contribution in [3.63, 3.8) is 0 Å². The van der Waals surface area contributed by atoms with Crippen LogP contribution in [0, 0.1) is 11.7 Å². The van der Waals surface area contributed by atoms with Crippen LogP contribution in [0.5, 0.6) is 5.75 Å². The van der Waals surface area contributed by atoms with E-state index in [0.29, 0.717) is 5.56 Å². The van der Waals surface area contributed by atoms with Crippen molar-refractivity contribution in [1.82, 2.24) is 0 Å². The molecule has 0 fully saturated rings. The molecule has 0 amide bonds. The lowest BCUT2D eigenvalue weighted by Gasteiger charge is -2.17. The zero-order chi connectivity index (χ0) is 10.9. The molecule has 0 aliphatic carbocycles. The number of phenolic OH excluding ortho intramolecular Hbond substituents is 1. The van der Waals surface area contributed by atoms with Crippen molar-refractivity contribution in [1.29, 1.82) is 0 Å². The quantitative estimate of drug-likeness (QED) is 0.800. The molecule has 0 aliphatic rings. The molecule has 0 bridgehead atoms. The Morgan fingerprint density at radius 2 is 2.00 bits per heavy atom. The van der Waals surface area contributed by atoms with E-state index in [-0.39, 0.29) is 22.7 Å². The highest BCUT2D eigenvalue weighted by atomic mass is 35.5. The molecule has 3 N–H and O–H groups in total. The van der Waals surface area contributed by atoms with Crippen LogP contribution in [0.2, 0.25) is 5.02 Å².